The van der Waals surface area contributed by atoms with E-state index < -0.39 is 24.0 Å². The lowest BCUT2D eigenvalue weighted by Crippen LogP contribution is -2.10. The predicted octanol–water partition coefficient (Wildman–Crippen LogP) is 1.97. The fourth-order valence-corrected chi connectivity index (χ4v) is 1.25. The van der Waals surface area contributed by atoms with Gasteiger partial charge in [0.25, 0.3) is 0 Å². The summed E-state index contributed by atoms with van der Waals surface area (Å²) in [6, 6.07) is 3.83. The number of methoxy groups -OCH3 is 1. The largest absolute Gasteiger partial charge is 0.491 e. The second-order valence-electron chi connectivity index (χ2n) is 3.25. The average molecular weight is 240 g/mol. The van der Waals surface area contributed by atoms with Crippen molar-refractivity contribution in [2.45, 2.75) is 13.3 Å². The van der Waals surface area contributed by atoms with Crippen molar-refractivity contribution in [3.05, 3.63) is 29.6 Å². The molecule has 1 rings (SSSR count). The lowest BCUT2D eigenvalue weighted by atomic mass is 10.1. The van der Waals surface area contributed by atoms with Crippen molar-refractivity contribution in [2.75, 3.05) is 13.7 Å². The van der Waals surface area contributed by atoms with Gasteiger partial charge in [0.1, 0.15) is 6.42 Å². The van der Waals surface area contributed by atoms with Gasteiger partial charge in [-0.3, -0.25) is 9.59 Å². The molecule has 0 fully saturated rings. The zero-order valence-corrected chi connectivity index (χ0v) is 9.66. The molecule has 0 aliphatic rings. The van der Waals surface area contributed by atoms with E-state index in [9.17, 15) is 14.0 Å². The minimum Gasteiger partial charge on any atom is -0.491 e. The number of hydrogen-bond donors (Lipinski definition) is 0. The first-order valence-electron chi connectivity index (χ1n) is 5.10. The smallest absolute Gasteiger partial charge is 0.313 e. The molecule has 92 valence electrons. The number of carbonyl (C=O) groups is 2. The first kappa shape index (κ1) is 13.2. The summed E-state index contributed by atoms with van der Waals surface area (Å²) < 4.78 is 22.8. The monoisotopic (exact) mass is 240 g/mol. The Bertz CT molecular complexity index is 429. The summed E-state index contributed by atoms with van der Waals surface area (Å²) in [5.41, 5.74) is 0.122. The maximum Gasteiger partial charge on any atom is 0.313 e. The number of Topliss-reactive ketones (excluding diaryl/α,β-unsaturated/α-hetero) is 1. The molecule has 17 heavy (non-hydrogen) atoms. The molecule has 0 aromatic heterocycles. The Morgan fingerprint density at radius 3 is 2.59 bits per heavy atom. The van der Waals surface area contributed by atoms with Crippen LogP contribution in [0.4, 0.5) is 4.39 Å². The van der Waals surface area contributed by atoms with Gasteiger partial charge < -0.3 is 9.47 Å². The molecule has 1 aromatic carbocycles. The van der Waals surface area contributed by atoms with Crippen molar-refractivity contribution < 1.29 is 23.5 Å². The number of carbonyl (C=O) groups excluding carboxylic acids is 2. The van der Waals surface area contributed by atoms with Gasteiger partial charge in [-0.1, -0.05) is 0 Å². The van der Waals surface area contributed by atoms with E-state index in [1.54, 1.807) is 6.92 Å². The summed E-state index contributed by atoms with van der Waals surface area (Å²) in [7, 11) is 1.19. The molecular formula is C12H13FO4. The fourth-order valence-electron chi connectivity index (χ4n) is 1.25. The minimum absolute atomic E-state index is 0.0853. The molecule has 0 unspecified atom stereocenters. The number of esters is 1. The highest BCUT2D eigenvalue weighted by molar-refractivity contribution is 6.05. The first-order valence-corrected chi connectivity index (χ1v) is 5.10. The maximum atomic E-state index is 13.4. The Labute approximate surface area is 98.3 Å². The molecule has 0 radical (unpaired) electrons. The number of ketones is 1. The van der Waals surface area contributed by atoms with Gasteiger partial charge >= 0.3 is 5.97 Å². The Morgan fingerprint density at radius 2 is 2.06 bits per heavy atom. The lowest BCUT2D eigenvalue weighted by molar-refractivity contribution is -0.139. The van der Waals surface area contributed by atoms with Gasteiger partial charge in [0.15, 0.2) is 17.3 Å². The maximum absolute atomic E-state index is 13.4. The van der Waals surface area contributed by atoms with Crippen LogP contribution in [0.2, 0.25) is 0 Å². The van der Waals surface area contributed by atoms with E-state index in [0.717, 1.165) is 6.07 Å². The van der Waals surface area contributed by atoms with E-state index in [1.165, 1.54) is 19.2 Å². The molecule has 0 N–H and O–H groups in total. The van der Waals surface area contributed by atoms with Crippen LogP contribution >= 0.6 is 0 Å². The number of ether oxygens (including phenoxy) is 2. The number of rotatable bonds is 5. The Hall–Kier alpha value is -1.91. The molecule has 0 bridgehead atoms. The van der Waals surface area contributed by atoms with Crippen molar-refractivity contribution in [2.24, 2.45) is 0 Å². The van der Waals surface area contributed by atoms with E-state index in [2.05, 4.69) is 4.74 Å². The molecule has 0 aliphatic carbocycles. The molecule has 0 heterocycles. The van der Waals surface area contributed by atoms with Crippen LogP contribution in [0.15, 0.2) is 18.2 Å². The molecule has 0 spiro atoms. The van der Waals surface area contributed by atoms with Crippen molar-refractivity contribution in [3.8, 4) is 5.75 Å². The fraction of sp³-hybridized carbons (Fsp3) is 0.333. The standard InChI is InChI=1S/C12H13FO4/c1-3-17-11-5-4-8(6-9(11)13)10(14)7-12(15)16-2/h4-6H,3,7H2,1-2H3. The highest BCUT2D eigenvalue weighted by Crippen LogP contribution is 2.19. The first-order chi connectivity index (χ1) is 8.08. The van der Waals surface area contributed by atoms with Crippen LogP contribution in [-0.2, 0) is 9.53 Å². The summed E-state index contributed by atoms with van der Waals surface area (Å²) in [6.45, 7) is 2.07. The van der Waals surface area contributed by atoms with Crippen LogP contribution < -0.4 is 4.74 Å². The lowest BCUT2D eigenvalue weighted by Gasteiger charge is -2.06. The normalized spacial score (nSPS) is 9.82. The molecule has 0 saturated heterocycles. The van der Waals surface area contributed by atoms with E-state index in [1.807, 2.05) is 0 Å². The Kier molecular flexibility index (Phi) is 4.63. The quantitative estimate of drug-likeness (QED) is 0.448. The zero-order chi connectivity index (χ0) is 12.8. The Balaban J connectivity index is 2.82. The van der Waals surface area contributed by atoms with Gasteiger partial charge in [-0.2, -0.15) is 0 Å². The van der Waals surface area contributed by atoms with E-state index >= 15 is 0 Å². The number of halogens is 1. The highest BCUT2D eigenvalue weighted by Gasteiger charge is 2.14. The van der Waals surface area contributed by atoms with Crippen LogP contribution in [0.25, 0.3) is 0 Å². The van der Waals surface area contributed by atoms with Crippen molar-refractivity contribution >= 4 is 11.8 Å². The van der Waals surface area contributed by atoms with Gasteiger partial charge in [0.05, 0.1) is 13.7 Å². The van der Waals surface area contributed by atoms with Crippen LogP contribution in [0.3, 0.4) is 0 Å². The number of hydrogen-bond acceptors (Lipinski definition) is 4. The SMILES string of the molecule is CCOc1ccc(C(=O)CC(=O)OC)cc1F. The summed E-state index contributed by atoms with van der Waals surface area (Å²) in [6.07, 6.45) is -0.399. The van der Waals surface area contributed by atoms with Crippen molar-refractivity contribution in [1.29, 1.82) is 0 Å². The molecule has 4 nitrogen and oxygen atoms in total. The van der Waals surface area contributed by atoms with Crippen molar-refractivity contribution in [1.82, 2.24) is 0 Å². The minimum atomic E-state index is -0.649. The van der Waals surface area contributed by atoms with Crippen LogP contribution in [0.5, 0.6) is 5.75 Å². The van der Waals surface area contributed by atoms with Crippen LogP contribution in [0, 0.1) is 5.82 Å². The van der Waals surface area contributed by atoms with Crippen LogP contribution in [0.1, 0.15) is 23.7 Å². The molecule has 0 aliphatic heterocycles. The predicted molar refractivity (Wildman–Crippen MR) is 58.5 cm³/mol. The molecular weight excluding hydrogens is 227 g/mol. The second-order valence-corrected chi connectivity index (χ2v) is 3.25. The molecule has 0 amide bonds. The summed E-state index contributed by atoms with van der Waals surface area (Å²) in [5, 5.41) is 0. The van der Waals surface area contributed by atoms with Gasteiger partial charge in [-0.15, -0.1) is 0 Å². The van der Waals surface area contributed by atoms with E-state index in [4.69, 9.17) is 4.74 Å². The van der Waals surface area contributed by atoms with E-state index in [0.29, 0.717) is 6.61 Å². The second kappa shape index (κ2) is 5.98. The van der Waals surface area contributed by atoms with E-state index in [-0.39, 0.29) is 11.3 Å². The third-order valence-corrected chi connectivity index (χ3v) is 2.09. The molecule has 1 aromatic rings. The third kappa shape index (κ3) is 3.55. The van der Waals surface area contributed by atoms with Gasteiger partial charge in [-0.25, -0.2) is 4.39 Å². The number of benzene rings is 1. The van der Waals surface area contributed by atoms with Crippen molar-refractivity contribution in [3.63, 3.8) is 0 Å². The van der Waals surface area contributed by atoms with Gasteiger partial charge in [0.2, 0.25) is 0 Å². The summed E-state index contributed by atoms with van der Waals surface area (Å²) in [5.74, 6) is -1.67. The van der Waals surface area contributed by atoms with Gasteiger partial charge in [0, 0.05) is 5.56 Å². The van der Waals surface area contributed by atoms with Gasteiger partial charge in [-0.05, 0) is 25.1 Å². The summed E-state index contributed by atoms with van der Waals surface area (Å²) >= 11 is 0. The summed E-state index contributed by atoms with van der Waals surface area (Å²) in [4.78, 5) is 22.4. The molecule has 0 saturated carbocycles. The Morgan fingerprint density at radius 1 is 1.35 bits per heavy atom. The molecule has 0 atom stereocenters. The third-order valence-electron chi connectivity index (χ3n) is 2.09. The zero-order valence-electron chi connectivity index (χ0n) is 9.66. The van der Waals surface area contributed by atoms with Crippen LogP contribution in [-0.4, -0.2) is 25.5 Å². The highest BCUT2D eigenvalue weighted by atomic mass is 19.1. The average Bonchev–Trinajstić information content (AvgIpc) is 2.31. The molecule has 5 heteroatoms. The topological polar surface area (TPSA) is 52.6 Å².